The minimum absolute atomic E-state index is 0.0194. The SMILES string of the molecule is CCOc1ccc(C#Cc2cnc(NC)c3cnc(NC(=O)C4CC4)cc23)nc1. The molecule has 1 amide bonds. The second-order valence-corrected chi connectivity index (χ2v) is 6.71. The predicted molar refractivity (Wildman–Crippen MR) is 112 cm³/mol. The Bertz CT molecular complexity index is 1110. The highest BCUT2D eigenvalue weighted by atomic mass is 16.5. The molecule has 3 aromatic rings. The van der Waals surface area contributed by atoms with Crippen LogP contribution in [0.4, 0.5) is 11.6 Å². The van der Waals surface area contributed by atoms with Crippen LogP contribution in [-0.4, -0.2) is 34.5 Å². The number of hydrogen-bond donors (Lipinski definition) is 2. The molecule has 0 radical (unpaired) electrons. The first kappa shape index (κ1) is 18.7. The number of pyridine rings is 3. The highest BCUT2D eigenvalue weighted by Gasteiger charge is 2.29. The first-order valence-corrected chi connectivity index (χ1v) is 9.56. The third kappa shape index (κ3) is 4.27. The van der Waals surface area contributed by atoms with E-state index in [1.165, 1.54) is 0 Å². The summed E-state index contributed by atoms with van der Waals surface area (Å²) in [6.07, 6.45) is 6.96. The molecule has 0 spiro atoms. The number of rotatable bonds is 5. The Hall–Kier alpha value is -3.66. The number of amides is 1. The van der Waals surface area contributed by atoms with Gasteiger partial charge in [0.1, 0.15) is 23.1 Å². The number of hydrogen-bond acceptors (Lipinski definition) is 6. The maximum absolute atomic E-state index is 12.1. The van der Waals surface area contributed by atoms with Crippen LogP contribution in [0.5, 0.6) is 5.75 Å². The van der Waals surface area contributed by atoms with Gasteiger partial charge in [0.2, 0.25) is 5.91 Å². The Balaban J connectivity index is 1.68. The average Bonchev–Trinajstić information content (AvgIpc) is 3.59. The third-order valence-electron chi connectivity index (χ3n) is 4.58. The van der Waals surface area contributed by atoms with E-state index >= 15 is 0 Å². The van der Waals surface area contributed by atoms with Crippen LogP contribution in [0.15, 0.2) is 36.8 Å². The zero-order valence-corrected chi connectivity index (χ0v) is 16.3. The van der Waals surface area contributed by atoms with E-state index in [1.807, 2.05) is 25.1 Å². The molecule has 146 valence electrons. The number of nitrogens with one attached hydrogen (secondary N) is 2. The molecule has 1 aliphatic carbocycles. The van der Waals surface area contributed by atoms with E-state index in [2.05, 4.69) is 37.4 Å². The van der Waals surface area contributed by atoms with Crippen molar-refractivity contribution in [3.05, 3.63) is 48.0 Å². The number of carbonyl (C=O) groups is 1. The maximum atomic E-state index is 12.1. The summed E-state index contributed by atoms with van der Waals surface area (Å²) >= 11 is 0. The van der Waals surface area contributed by atoms with Gasteiger partial charge in [-0.1, -0.05) is 5.92 Å². The van der Waals surface area contributed by atoms with Gasteiger partial charge in [-0.05, 0) is 43.9 Å². The molecule has 0 bridgehead atoms. The molecule has 1 saturated carbocycles. The van der Waals surface area contributed by atoms with Crippen molar-refractivity contribution in [2.45, 2.75) is 19.8 Å². The molecule has 29 heavy (non-hydrogen) atoms. The molecule has 2 N–H and O–H groups in total. The lowest BCUT2D eigenvalue weighted by atomic mass is 10.1. The molecule has 7 nitrogen and oxygen atoms in total. The fourth-order valence-electron chi connectivity index (χ4n) is 2.91. The van der Waals surface area contributed by atoms with Crippen LogP contribution >= 0.6 is 0 Å². The zero-order chi connectivity index (χ0) is 20.2. The van der Waals surface area contributed by atoms with E-state index in [4.69, 9.17) is 4.74 Å². The van der Waals surface area contributed by atoms with Gasteiger partial charge < -0.3 is 15.4 Å². The van der Waals surface area contributed by atoms with E-state index in [0.29, 0.717) is 29.7 Å². The molecule has 0 aliphatic heterocycles. The standard InChI is InChI=1S/C22H21N5O2/c1-3-29-17-9-8-16(24-12-17)7-6-15-11-26-21(23-2)19-13-25-20(10-18(15)19)27-22(28)14-4-5-14/h8-14H,3-5H2,1-2H3,(H,23,26)(H,25,27,28). The van der Waals surface area contributed by atoms with Gasteiger partial charge in [-0.25, -0.2) is 15.0 Å². The van der Waals surface area contributed by atoms with Gasteiger partial charge in [-0.2, -0.15) is 0 Å². The second kappa shape index (κ2) is 8.15. The van der Waals surface area contributed by atoms with Crippen LogP contribution in [0.25, 0.3) is 10.8 Å². The van der Waals surface area contributed by atoms with Crippen LogP contribution < -0.4 is 15.4 Å². The summed E-state index contributed by atoms with van der Waals surface area (Å²) in [5, 5.41) is 7.65. The van der Waals surface area contributed by atoms with Gasteiger partial charge >= 0.3 is 0 Å². The molecular formula is C22H21N5O2. The molecule has 4 rings (SSSR count). The van der Waals surface area contributed by atoms with Crippen molar-refractivity contribution in [1.82, 2.24) is 15.0 Å². The summed E-state index contributed by atoms with van der Waals surface area (Å²) in [4.78, 5) is 25.2. The fraction of sp³-hybridized carbons (Fsp3) is 0.273. The minimum atomic E-state index is 0.0194. The van der Waals surface area contributed by atoms with E-state index in [-0.39, 0.29) is 11.8 Å². The number of aromatic nitrogens is 3. The first-order valence-electron chi connectivity index (χ1n) is 9.56. The largest absolute Gasteiger partial charge is 0.492 e. The predicted octanol–water partition coefficient (Wildman–Crippen LogP) is 3.21. The Morgan fingerprint density at radius 2 is 2.00 bits per heavy atom. The number of nitrogens with zero attached hydrogens (tertiary/aromatic N) is 3. The van der Waals surface area contributed by atoms with Crippen LogP contribution in [-0.2, 0) is 4.79 Å². The Kier molecular flexibility index (Phi) is 5.25. The summed E-state index contributed by atoms with van der Waals surface area (Å²) < 4.78 is 5.40. The molecule has 0 unspecified atom stereocenters. The van der Waals surface area contributed by atoms with Gasteiger partial charge in [0.15, 0.2) is 0 Å². The molecular weight excluding hydrogens is 366 g/mol. The van der Waals surface area contributed by atoms with Gasteiger partial charge in [-0.3, -0.25) is 4.79 Å². The summed E-state index contributed by atoms with van der Waals surface area (Å²) in [6.45, 7) is 2.52. The molecule has 1 aliphatic rings. The van der Waals surface area contributed by atoms with Crippen LogP contribution in [0.1, 0.15) is 31.0 Å². The second-order valence-electron chi connectivity index (χ2n) is 6.71. The number of carbonyl (C=O) groups excluding carboxylic acids is 1. The van der Waals surface area contributed by atoms with Crippen molar-refractivity contribution < 1.29 is 9.53 Å². The topological polar surface area (TPSA) is 89.0 Å². The lowest BCUT2D eigenvalue weighted by Gasteiger charge is -2.09. The van der Waals surface area contributed by atoms with Gasteiger partial charge in [-0.15, -0.1) is 0 Å². The maximum Gasteiger partial charge on any atom is 0.228 e. The minimum Gasteiger partial charge on any atom is -0.492 e. The zero-order valence-electron chi connectivity index (χ0n) is 16.3. The van der Waals surface area contributed by atoms with Crippen LogP contribution in [0, 0.1) is 17.8 Å². The molecule has 3 aromatic heterocycles. The third-order valence-corrected chi connectivity index (χ3v) is 4.58. The monoisotopic (exact) mass is 387 g/mol. The molecule has 0 aromatic carbocycles. The normalized spacial score (nSPS) is 12.8. The first-order chi connectivity index (χ1) is 14.2. The van der Waals surface area contributed by atoms with Crippen molar-refractivity contribution in [3.63, 3.8) is 0 Å². The molecule has 3 heterocycles. The van der Waals surface area contributed by atoms with Crippen LogP contribution in [0.2, 0.25) is 0 Å². The molecule has 1 fully saturated rings. The van der Waals surface area contributed by atoms with Crippen molar-refractivity contribution in [1.29, 1.82) is 0 Å². The van der Waals surface area contributed by atoms with Gasteiger partial charge in [0, 0.05) is 36.1 Å². The number of fused-ring (bicyclic) bond motifs is 1. The average molecular weight is 387 g/mol. The van der Waals surface area contributed by atoms with E-state index < -0.39 is 0 Å². The summed E-state index contributed by atoms with van der Waals surface area (Å²) in [7, 11) is 1.81. The summed E-state index contributed by atoms with van der Waals surface area (Å²) in [5.74, 6) is 8.27. The van der Waals surface area contributed by atoms with E-state index in [0.717, 1.165) is 29.2 Å². The van der Waals surface area contributed by atoms with E-state index in [9.17, 15) is 4.79 Å². The molecule has 7 heteroatoms. The van der Waals surface area contributed by atoms with Crippen molar-refractivity contribution >= 4 is 28.3 Å². The van der Waals surface area contributed by atoms with Crippen molar-refractivity contribution in [3.8, 4) is 17.6 Å². The number of ether oxygens (including phenoxy) is 1. The summed E-state index contributed by atoms with van der Waals surface area (Å²) in [5.41, 5.74) is 1.37. The Morgan fingerprint density at radius 3 is 2.69 bits per heavy atom. The van der Waals surface area contributed by atoms with Crippen molar-refractivity contribution in [2.24, 2.45) is 5.92 Å². The quantitative estimate of drug-likeness (QED) is 0.654. The number of anilines is 2. The van der Waals surface area contributed by atoms with Gasteiger partial charge in [0.25, 0.3) is 0 Å². The Labute approximate surface area is 168 Å². The lowest BCUT2D eigenvalue weighted by molar-refractivity contribution is -0.117. The highest BCUT2D eigenvalue weighted by Crippen LogP contribution is 2.31. The van der Waals surface area contributed by atoms with E-state index in [1.54, 1.807) is 25.6 Å². The van der Waals surface area contributed by atoms with Crippen LogP contribution in [0.3, 0.4) is 0 Å². The Morgan fingerprint density at radius 1 is 1.14 bits per heavy atom. The fourth-order valence-corrected chi connectivity index (χ4v) is 2.91. The molecule has 0 saturated heterocycles. The van der Waals surface area contributed by atoms with Gasteiger partial charge in [0.05, 0.1) is 18.4 Å². The highest BCUT2D eigenvalue weighted by molar-refractivity contribution is 5.99. The lowest BCUT2D eigenvalue weighted by Crippen LogP contribution is -2.14. The molecule has 0 atom stereocenters. The van der Waals surface area contributed by atoms with Crippen molar-refractivity contribution in [2.75, 3.05) is 24.3 Å². The smallest absolute Gasteiger partial charge is 0.228 e. The summed E-state index contributed by atoms with van der Waals surface area (Å²) in [6, 6.07) is 5.50.